The lowest BCUT2D eigenvalue weighted by Crippen LogP contribution is -2.63. The number of carbonyl (C=O) groups is 1. The van der Waals surface area contributed by atoms with Gasteiger partial charge in [-0.2, -0.15) is 0 Å². The van der Waals surface area contributed by atoms with Gasteiger partial charge in [-0.1, -0.05) is 0 Å². The summed E-state index contributed by atoms with van der Waals surface area (Å²) in [5.74, 6) is 0.390. The maximum atomic E-state index is 12.8. The van der Waals surface area contributed by atoms with Crippen LogP contribution in [0.4, 0.5) is 0 Å². The highest BCUT2D eigenvalue weighted by Crippen LogP contribution is 2.37. The molecule has 4 rings (SSSR count). The molecule has 1 spiro atoms. The van der Waals surface area contributed by atoms with E-state index >= 15 is 0 Å². The Morgan fingerprint density at radius 1 is 0.923 bits per heavy atom. The van der Waals surface area contributed by atoms with E-state index in [4.69, 9.17) is 0 Å². The highest BCUT2D eigenvalue weighted by atomic mass is 16.2. The maximum absolute atomic E-state index is 12.8. The van der Waals surface area contributed by atoms with Gasteiger partial charge in [-0.25, -0.2) is 0 Å². The number of piperidine rings is 2. The summed E-state index contributed by atoms with van der Waals surface area (Å²) in [5, 5.41) is 0. The fraction of sp³-hybridized carbons (Fsp3) is 0.714. The molecular formula is C21H32N4O. The molecule has 0 bridgehead atoms. The molecule has 0 aliphatic carbocycles. The molecule has 1 unspecified atom stereocenters. The predicted molar refractivity (Wildman–Crippen MR) is 103 cm³/mol. The number of pyridine rings is 1. The number of rotatable bonds is 5. The third-order valence-electron chi connectivity index (χ3n) is 6.53. The van der Waals surface area contributed by atoms with Crippen molar-refractivity contribution in [1.82, 2.24) is 19.7 Å². The van der Waals surface area contributed by atoms with Gasteiger partial charge in [-0.15, -0.1) is 0 Å². The molecule has 142 valence electrons. The van der Waals surface area contributed by atoms with Gasteiger partial charge in [-0.05, 0) is 75.9 Å². The van der Waals surface area contributed by atoms with Crippen LogP contribution in [-0.2, 0) is 11.3 Å². The van der Waals surface area contributed by atoms with Gasteiger partial charge in [0, 0.05) is 45.0 Å². The van der Waals surface area contributed by atoms with Crippen LogP contribution in [0.2, 0.25) is 0 Å². The summed E-state index contributed by atoms with van der Waals surface area (Å²) < 4.78 is 0. The van der Waals surface area contributed by atoms with Gasteiger partial charge in [0.1, 0.15) is 0 Å². The van der Waals surface area contributed by atoms with Crippen molar-refractivity contribution >= 4 is 5.91 Å². The normalized spacial score (nSPS) is 28.2. The number of carbonyl (C=O) groups excluding carboxylic acids is 1. The molecule has 26 heavy (non-hydrogen) atoms. The van der Waals surface area contributed by atoms with Gasteiger partial charge in [0.2, 0.25) is 5.91 Å². The average Bonchev–Trinajstić information content (AvgIpc) is 3.16. The summed E-state index contributed by atoms with van der Waals surface area (Å²) in [6.07, 6.45) is 11.7. The minimum atomic E-state index is 0.0698. The topological polar surface area (TPSA) is 39.7 Å². The minimum Gasteiger partial charge on any atom is -0.334 e. The van der Waals surface area contributed by atoms with Crippen LogP contribution in [0.15, 0.2) is 24.5 Å². The van der Waals surface area contributed by atoms with Crippen LogP contribution < -0.4 is 0 Å². The van der Waals surface area contributed by atoms with E-state index in [0.29, 0.717) is 5.91 Å². The molecule has 0 N–H and O–H groups in total. The molecule has 5 nitrogen and oxygen atoms in total. The van der Waals surface area contributed by atoms with Gasteiger partial charge < -0.3 is 9.80 Å². The molecule has 3 saturated heterocycles. The molecule has 0 aromatic carbocycles. The number of nitrogens with zero attached hydrogens (tertiary/aromatic N) is 4. The number of hydrogen-bond acceptors (Lipinski definition) is 4. The molecule has 1 aromatic rings. The van der Waals surface area contributed by atoms with Crippen LogP contribution in [0.3, 0.4) is 0 Å². The summed E-state index contributed by atoms with van der Waals surface area (Å²) in [6.45, 7) is 7.53. The van der Waals surface area contributed by atoms with E-state index in [2.05, 4.69) is 31.8 Å². The number of hydrogen-bond donors (Lipinski definition) is 0. The van der Waals surface area contributed by atoms with Crippen LogP contribution in [0.25, 0.3) is 0 Å². The Balaban J connectivity index is 1.44. The molecule has 1 atom stereocenters. The largest absolute Gasteiger partial charge is 0.334 e. The predicted octanol–water partition coefficient (Wildman–Crippen LogP) is 2.52. The zero-order valence-corrected chi connectivity index (χ0v) is 15.9. The Kier molecular flexibility index (Phi) is 5.55. The molecule has 1 aromatic heterocycles. The first-order valence-corrected chi connectivity index (χ1v) is 10.4. The third kappa shape index (κ3) is 3.94. The van der Waals surface area contributed by atoms with Crippen LogP contribution in [0, 0.1) is 0 Å². The van der Waals surface area contributed by atoms with E-state index in [-0.39, 0.29) is 5.54 Å². The van der Waals surface area contributed by atoms with E-state index in [1.807, 2.05) is 12.4 Å². The summed E-state index contributed by atoms with van der Waals surface area (Å²) in [4.78, 5) is 24.3. The van der Waals surface area contributed by atoms with Gasteiger partial charge in [0.05, 0.1) is 5.54 Å². The first-order valence-electron chi connectivity index (χ1n) is 10.4. The van der Waals surface area contributed by atoms with Crippen LogP contribution in [0.5, 0.6) is 0 Å². The average molecular weight is 357 g/mol. The fourth-order valence-electron chi connectivity index (χ4n) is 5.22. The standard InChI is InChI=1S/C21H32N4O/c26-20-5-3-8-21(25(20)16-15-23-12-1-2-13-23)9-4-14-24(18-21)17-19-6-10-22-11-7-19/h6-7,10-11H,1-5,8-9,12-18H2. The van der Waals surface area contributed by atoms with Crippen LogP contribution in [0.1, 0.15) is 50.5 Å². The highest BCUT2D eigenvalue weighted by molar-refractivity contribution is 5.78. The number of amides is 1. The van der Waals surface area contributed by atoms with E-state index in [0.717, 1.165) is 45.6 Å². The molecule has 3 aliphatic rings. The van der Waals surface area contributed by atoms with E-state index < -0.39 is 0 Å². The van der Waals surface area contributed by atoms with Crippen molar-refractivity contribution in [3.05, 3.63) is 30.1 Å². The molecular weight excluding hydrogens is 324 g/mol. The lowest BCUT2D eigenvalue weighted by Gasteiger charge is -2.52. The van der Waals surface area contributed by atoms with Crippen molar-refractivity contribution in [3.63, 3.8) is 0 Å². The van der Waals surface area contributed by atoms with Gasteiger partial charge in [0.25, 0.3) is 0 Å². The molecule has 0 saturated carbocycles. The van der Waals surface area contributed by atoms with Gasteiger partial charge in [-0.3, -0.25) is 14.7 Å². The number of likely N-dealkylation sites (tertiary alicyclic amines) is 3. The van der Waals surface area contributed by atoms with Crippen LogP contribution >= 0.6 is 0 Å². The Bertz CT molecular complexity index is 597. The van der Waals surface area contributed by atoms with Crippen LogP contribution in [-0.4, -0.2) is 70.4 Å². The van der Waals surface area contributed by atoms with E-state index in [9.17, 15) is 4.79 Å². The van der Waals surface area contributed by atoms with E-state index in [1.54, 1.807) is 0 Å². The smallest absolute Gasteiger partial charge is 0.223 e. The van der Waals surface area contributed by atoms with Crippen molar-refractivity contribution in [3.8, 4) is 0 Å². The van der Waals surface area contributed by atoms with Gasteiger partial charge in [0.15, 0.2) is 0 Å². The molecule has 5 heteroatoms. The maximum Gasteiger partial charge on any atom is 0.223 e. The SMILES string of the molecule is O=C1CCCC2(CCCN(Cc3ccncc3)C2)N1CCN1CCCC1. The Labute approximate surface area is 157 Å². The summed E-state index contributed by atoms with van der Waals surface area (Å²) in [5.41, 5.74) is 1.39. The van der Waals surface area contributed by atoms with Crippen molar-refractivity contribution in [2.24, 2.45) is 0 Å². The van der Waals surface area contributed by atoms with Crippen molar-refractivity contribution in [1.29, 1.82) is 0 Å². The zero-order valence-electron chi connectivity index (χ0n) is 15.9. The first-order chi connectivity index (χ1) is 12.8. The van der Waals surface area contributed by atoms with Crippen molar-refractivity contribution in [2.75, 3.05) is 39.3 Å². The Hall–Kier alpha value is -1.46. The summed E-state index contributed by atoms with van der Waals surface area (Å²) in [6, 6.07) is 4.22. The zero-order chi connectivity index (χ0) is 17.8. The van der Waals surface area contributed by atoms with Crippen molar-refractivity contribution < 1.29 is 4.79 Å². The summed E-state index contributed by atoms with van der Waals surface area (Å²) >= 11 is 0. The quantitative estimate of drug-likeness (QED) is 0.813. The third-order valence-corrected chi connectivity index (χ3v) is 6.53. The summed E-state index contributed by atoms with van der Waals surface area (Å²) in [7, 11) is 0. The Morgan fingerprint density at radius 3 is 2.46 bits per heavy atom. The Morgan fingerprint density at radius 2 is 1.65 bits per heavy atom. The lowest BCUT2D eigenvalue weighted by atomic mass is 9.79. The second-order valence-corrected chi connectivity index (χ2v) is 8.34. The molecule has 1 amide bonds. The molecule has 3 fully saturated rings. The second kappa shape index (κ2) is 8.05. The first kappa shape index (κ1) is 17.9. The highest BCUT2D eigenvalue weighted by Gasteiger charge is 2.44. The monoisotopic (exact) mass is 356 g/mol. The lowest BCUT2D eigenvalue weighted by molar-refractivity contribution is -0.146. The molecule has 4 heterocycles. The fourth-order valence-corrected chi connectivity index (χ4v) is 5.22. The molecule has 0 radical (unpaired) electrons. The second-order valence-electron chi connectivity index (χ2n) is 8.34. The number of aromatic nitrogens is 1. The van der Waals surface area contributed by atoms with E-state index in [1.165, 1.54) is 50.8 Å². The van der Waals surface area contributed by atoms with Gasteiger partial charge >= 0.3 is 0 Å². The minimum absolute atomic E-state index is 0.0698. The molecule has 3 aliphatic heterocycles. The van der Waals surface area contributed by atoms with Crippen molar-refractivity contribution in [2.45, 2.75) is 57.0 Å².